The lowest BCUT2D eigenvalue weighted by Crippen LogP contribution is -2.25. The molecular weight excluding hydrogens is 186 g/mol. The highest BCUT2D eigenvalue weighted by atomic mass is 16.1. The van der Waals surface area contributed by atoms with Crippen LogP contribution >= 0.6 is 0 Å². The molecule has 1 rings (SSSR count). The van der Waals surface area contributed by atoms with Crippen LogP contribution in [0.2, 0.25) is 0 Å². The zero-order chi connectivity index (χ0) is 10.9. The van der Waals surface area contributed by atoms with E-state index in [0.29, 0.717) is 6.42 Å². The third-order valence-corrected chi connectivity index (χ3v) is 2.08. The van der Waals surface area contributed by atoms with Crippen LogP contribution in [-0.2, 0) is 11.2 Å². The van der Waals surface area contributed by atoms with Crippen LogP contribution in [-0.4, -0.2) is 12.5 Å². The van der Waals surface area contributed by atoms with E-state index in [1.165, 1.54) is 0 Å². The Balaban J connectivity index is 2.25. The van der Waals surface area contributed by atoms with E-state index in [4.69, 9.17) is 0 Å². The van der Waals surface area contributed by atoms with Crippen LogP contribution in [0, 0.1) is 0 Å². The standard InChI is InChI=1S/C13H17NO/c1-2-3-7-10-14-13(15)11-12-8-5-4-6-9-12/h2-6,8-9H,7,10-11H2,1H3,(H,14,15)/b3-2+. The second-order valence-corrected chi connectivity index (χ2v) is 3.37. The van der Waals surface area contributed by atoms with Crippen molar-refractivity contribution in [2.75, 3.05) is 6.54 Å². The van der Waals surface area contributed by atoms with Crippen molar-refractivity contribution >= 4 is 5.91 Å². The summed E-state index contributed by atoms with van der Waals surface area (Å²) in [7, 11) is 0. The van der Waals surface area contributed by atoms with Gasteiger partial charge in [0.2, 0.25) is 5.91 Å². The minimum atomic E-state index is 0.0886. The van der Waals surface area contributed by atoms with Crippen LogP contribution in [0.4, 0.5) is 0 Å². The van der Waals surface area contributed by atoms with Gasteiger partial charge in [-0.25, -0.2) is 0 Å². The molecule has 0 saturated carbocycles. The van der Waals surface area contributed by atoms with Gasteiger partial charge in [0.05, 0.1) is 6.42 Å². The molecule has 0 heterocycles. The van der Waals surface area contributed by atoms with Gasteiger partial charge in [0, 0.05) is 6.54 Å². The molecule has 0 unspecified atom stereocenters. The number of carbonyl (C=O) groups excluding carboxylic acids is 1. The molecule has 0 radical (unpaired) electrons. The summed E-state index contributed by atoms with van der Waals surface area (Å²) in [6.07, 6.45) is 5.40. The lowest BCUT2D eigenvalue weighted by atomic mass is 10.1. The SMILES string of the molecule is C/C=C/CCNC(=O)Cc1ccccc1. The second-order valence-electron chi connectivity index (χ2n) is 3.37. The molecule has 0 aliphatic rings. The van der Waals surface area contributed by atoms with Crippen LogP contribution in [0.5, 0.6) is 0 Å². The third kappa shape index (κ3) is 5.01. The first-order valence-electron chi connectivity index (χ1n) is 5.24. The predicted octanol–water partition coefficient (Wildman–Crippen LogP) is 2.31. The monoisotopic (exact) mass is 203 g/mol. The van der Waals surface area contributed by atoms with E-state index in [0.717, 1.165) is 18.5 Å². The van der Waals surface area contributed by atoms with Crippen LogP contribution in [0.1, 0.15) is 18.9 Å². The number of hydrogen-bond donors (Lipinski definition) is 1. The first-order chi connectivity index (χ1) is 7.33. The van der Waals surface area contributed by atoms with Crippen LogP contribution < -0.4 is 5.32 Å². The maximum atomic E-state index is 11.4. The third-order valence-electron chi connectivity index (χ3n) is 2.08. The normalized spacial score (nSPS) is 10.5. The zero-order valence-electron chi connectivity index (χ0n) is 9.07. The predicted molar refractivity (Wildman–Crippen MR) is 62.6 cm³/mol. The van der Waals surface area contributed by atoms with Gasteiger partial charge in [0.1, 0.15) is 0 Å². The fourth-order valence-corrected chi connectivity index (χ4v) is 1.31. The van der Waals surface area contributed by atoms with Crippen LogP contribution in [0.15, 0.2) is 42.5 Å². The number of amides is 1. The number of carbonyl (C=O) groups is 1. The molecule has 1 N–H and O–H groups in total. The Labute approximate surface area is 91.0 Å². The maximum absolute atomic E-state index is 11.4. The summed E-state index contributed by atoms with van der Waals surface area (Å²) in [5.41, 5.74) is 1.06. The first kappa shape index (κ1) is 11.5. The lowest BCUT2D eigenvalue weighted by molar-refractivity contribution is -0.120. The molecule has 0 aliphatic carbocycles. The van der Waals surface area contributed by atoms with E-state index in [-0.39, 0.29) is 5.91 Å². The van der Waals surface area contributed by atoms with Crippen molar-refractivity contribution in [2.45, 2.75) is 19.8 Å². The van der Waals surface area contributed by atoms with Crippen molar-refractivity contribution in [3.63, 3.8) is 0 Å². The Morgan fingerprint density at radius 3 is 2.73 bits per heavy atom. The summed E-state index contributed by atoms with van der Waals surface area (Å²) in [5, 5.41) is 2.88. The first-order valence-corrected chi connectivity index (χ1v) is 5.24. The van der Waals surface area contributed by atoms with Gasteiger partial charge < -0.3 is 5.32 Å². The molecule has 0 fully saturated rings. The molecular formula is C13H17NO. The molecule has 0 aromatic heterocycles. The summed E-state index contributed by atoms with van der Waals surface area (Å²) in [6.45, 7) is 2.70. The summed E-state index contributed by atoms with van der Waals surface area (Å²) >= 11 is 0. The molecule has 0 atom stereocenters. The van der Waals surface area contributed by atoms with Gasteiger partial charge in [-0.1, -0.05) is 42.5 Å². The van der Waals surface area contributed by atoms with Gasteiger partial charge in [0.15, 0.2) is 0 Å². The van der Waals surface area contributed by atoms with Gasteiger partial charge >= 0.3 is 0 Å². The van der Waals surface area contributed by atoms with E-state index in [1.54, 1.807) is 0 Å². The summed E-state index contributed by atoms with van der Waals surface area (Å²) in [6, 6.07) is 9.77. The van der Waals surface area contributed by atoms with Crippen LogP contribution in [0.25, 0.3) is 0 Å². The Morgan fingerprint density at radius 2 is 2.07 bits per heavy atom. The summed E-state index contributed by atoms with van der Waals surface area (Å²) < 4.78 is 0. The highest BCUT2D eigenvalue weighted by Crippen LogP contribution is 1.98. The molecule has 0 aliphatic heterocycles. The van der Waals surface area contributed by atoms with Crippen molar-refractivity contribution in [2.24, 2.45) is 0 Å². The van der Waals surface area contributed by atoms with E-state index in [1.807, 2.05) is 49.4 Å². The van der Waals surface area contributed by atoms with Crippen LogP contribution in [0.3, 0.4) is 0 Å². The fraction of sp³-hybridized carbons (Fsp3) is 0.308. The minimum Gasteiger partial charge on any atom is -0.356 e. The second kappa shape index (κ2) is 6.82. The van der Waals surface area contributed by atoms with Crippen molar-refractivity contribution < 1.29 is 4.79 Å². The molecule has 2 nitrogen and oxygen atoms in total. The number of allylic oxidation sites excluding steroid dienone is 1. The Bertz CT molecular complexity index is 317. The maximum Gasteiger partial charge on any atom is 0.224 e. The van der Waals surface area contributed by atoms with Crippen molar-refractivity contribution in [3.05, 3.63) is 48.0 Å². The fourth-order valence-electron chi connectivity index (χ4n) is 1.31. The number of benzene rings is 1. The molecule has 15 heavy (non-hydrogen) atoms. The summed E-state index contributed by atoms with van der Waals surface area (Å²) in [4.78, 5) is 11.4. The van der Waals surface area contributed by atoms with Crippen molar-refractivity contribution in [1.82, 2.24) is 5.32 Å². The highest BCUT2D eigenvalue weighted by Gasteiger charge is 2.00. The van der Waals surface area contributed by atoms with E-state index >= 15 is 0 Å². The van der Waals surface area contributed by atoms with Crippen molar-refractivity contribution in [1.29, 1.82) is 0 Å². The topological polar surface area (TPSA) is 29.1 Å². The quantitative estimate of drug-likeness (QED) is 0.577. The zero-order valence-corrected chi connectivity index (χ0v) is 9.07. The Hall–Kier alpha value is -1.57. The number of hydrogen-bond acceptors (Lipinski definition) is 1. The average Bonchev–Trinajstić information content (AvgIpc) is 2.26. The van der Waals surface area contributed by atoms with Gasteiger partial charge in [-0.2, -0.15) is 0 Å². The van der Waals surface area contributed by atoms with E-state index in [2.05, 4.69) is 5.32 Å². The Kier molecular flexibility index (Phi) is 5.23. The molecule has 0 bridgehead atoms. The van der Waals surface area contributed by atoms with E-state index in [9.17, 15) is 4.79 Å². The minimum absolute atomic E-state index is 0.0886. The summed E-state index contributed by atoms with van der Waals surface area (Å²) in [5.74, 6) is 0.0886. The average molecular weight is 203 g/mol. The van der Waals surface area contributed by atoms with E-state index < -0.39 is 0 Å². The largest absolute Gasteiger partial charge is 0.356 e. The van der Waals surface area contributed by atoms with Gasteiger partial charge in [-0.05, 0) is 18.9 Å². The number of rotatable bonds is 5. The van der Waals surface area contributed by atoms with Gasteiger partial charge in [-0.3, -0.25) is 4.79 Å². The highest BCUT2D eigenvalue weighted by molar-refractivity contribution is 5.78. The van der Waals surface area contributed by atoms with Crippen molar-refractivity contribution in [3.8, 4) is 0 Å². The molecule has 1 aromatic rings. The Morgan fingerprint density at radius 1 is 1.33 bits per heavy atom. The molecule has 1 amide bonds. The number of nitrogens with one attached hydrogen (secondary N) is 1. The smallest absolute Gasteiger partial charge is 0.224 e. The molecule has 1 aromatic carbocycles. The molecule has 0 saturated heterocycles. The van der Waals surface area contributed by atoms with Gasteiger partial charge in [0.25, 0.3) is 0 Å². The lowest BCUT2D eigenvalue weighted by Gasteiger charge is -2.03. The molecule has 2 heteroatoms. The molecule has 80 valence electrons. The van der Waals surface area contributed by atoms with Gasteiger partial charge in [-0.15, -0.1) is 0 Å². The molecule has 0 spiro atoms.